The molecule has 21 heavy (non-hydrogen) atoms. The van der Waals surface area contributed by atoms with Crippen molar-refractivity contribution in [1.29, 1.82) is 5.26 Å². The lowest BCUT2D eigenvalue weighted by Gasteiger charge is -2.36. The zero-order valence-electron chi connectivity index (χ0n) is 12.4. The van der Waals surface area contributed by atoms with Crippen LogP contribution in [0.2, 0.25) is 0 Å². The monoisotopic (exact) mass is 305 g/mol. The summed E-state index contributed by atoms with van der Waals surface area (Å²) in [5, 5.41) is 9.43. The lowest BCUT2D eigenvalue weighted by molar-refractivity contribution is -0.0401. The fourth-order valence-corrected chi connectivity index (χ4v) is 3.21. The Hall–Kier alpha value is -1.42. The summed E-state index contributed by atoms with van der Waals surface area (Å²) in [4.78, 5) is 5.47. The largest absolute Gasteiger partial charge is 0.378 e. The van der Waals surface area contributed by atoms with Gasteiger partial charge in [0.25, 0.3) is 0 Å². The molecule has 0 aromatic carbocycles. The van der Waals surface area contributed by atoms with Gasteiger partial charge in [-0.15, -0.1) is 0 Å². The fraction of sp³-hybridized carbons (Fsp3) is 0.600. The van der Waals surface area contributed by atoms with Gasteiger partial charge in [0.1, 0.15) is 16.5 Å². The number of nitrogens with one attached hydrogen (secondary N) is 1. The molecule has 1 N–H and O–H groups in total. The van der Waals surface area contributed by atoms with Gasteiger partial charge in [-0.05, 0) is 19.4 Å². The minimum Gasteiger partial charge on any atom is -0.378 e. The Balaban J connectivity index is 2.13. The molecule has 0 aliphatic carbocycles. The number of fused-ring (bicyclic) bond motifs is 1. The first-order valence-electron chi connectivity index (χ1n) is 7.16. The maximum absolute atomic E-state index is 9.43. The molecule has 0 amide bonds. The van der Waals surface area contributed by atoms with Gasteiger partial charge >= 0.3 is 0 Å². The number of H-pyrrole nitrogens is 1. The van der Waals surface area contributed by atoms with Crippen molar-refractivity contribution in [2.24, 2.45) is 0 Å². The molecule has 1 aromatic rings. The summed E-state index contributed by atoms with van der Waals surface area (Å²) < 4.78 is 11.9. The van der Waals surface area contributed by atoms with E-state index in [4.69, 9.17) is 21.7 Å². The summed E-state index contributed by atoms with van der Waals surface area (Å²) in [5.74, 6) is 0.993. The number of rotatable bonds is 1. The van der Waals surface area contributed by atoms with Crippen LogP contribution in [0.4, 0.5) is 5.82 Å². The Morgan fingerprint density at radius 2 is 2.00 bits per heavy atom. The van der Waals surface area contributed by atoms with Gasteiger partial charge in [-0.25, -0.2) is 0 Å². The van der Waals surface area contributed by atoms with E-state index in [1.165, 1.54) is 0 Å². The van der Waals surface area contributed by atoms with Crippen molar-refractivity contribution >= 4 is 18.0 Å². The van der Waals surface area contributed by atoms with Crippen molar-refractivity contribution < 1.29 is 9.47 Å². The second kappa shape index (κ2) is 5.41. The molecule has 0 radical (unpaired) electrons. The third-order valence-corrected chi connectivity index (χ3v) is 4.37. The third kappa shape index (κ3) is 2.69. The highest BCUT2D eigenvalue weighted by molar-refractivity contribution is 7.71. The number of nitrogens with zero attached hydrogens (tertiary/aromatic N) is 2. The highest BCUT2D eigenvalue weighted by Gasteiger charge is 2.32. The molecule has 0 saturated carbocycles. The second-order valence-electron chi connectivity index (χ2n) is 6.07. The van der Waals surface area contributed by atoms with E-state index in [0.29, 0.717) is 36.4 Å². The normalized spacial score (nSPS) is 20.7. The van der Waals surface area contributed by atoms with Crippen molar-refractivity contribution in [2.45, 2.75) is 32.5 Å². The summed E-state index contributed by atoms with van der Waals surface area (Å²) >= 11 is 5.39. The zero-order valence-corrected chi connectivity index (χ0v) is 13.2. The van der Waals surface area contributed by atoms with Gasteiger partial charge in [0.2, 0.25) is 0 Å². The van der Waals surface area contributed by atoms with E-state index < -0.39 is 0 Å². The van der Waals surface area contributed by atoms with Gasteiger partial charge in [0.05, 0.1) is 31.0 Å². The minimum atomic E-state index is -0.260. The molecule has 3 rings (SSSR count). The Morgan fingerprint density at radius 1 is 1.29 bits per heavy atom. The first-order chi connectivity index (χ1) is 10.0. The third-order valence-electron chi connectivity index (χ3n) is 4.06. The number of ether oxygens (including phenoxy) is 2. The smallest absolute Gasteiger partial charge is 0.123 e. The fourth-order valence-electron chi connectivity index (χ4n) is 2.95. The highest BCUT2D eigenvalue weighted by Crippen LogP contribution is 2.35. The van der Waals surface area contributed by atoms with Crippen LogP contribution in [0.25, 0.3) is 0 Å². The van der Waals surface area contributed by atoms with Crippen LogP contribution in [0, 0.1) is 16.0 Å². The molecular weight excluding hydrogens is 286 g/mol. The highest BCUT2D eigenvalue weighted by atomic mass is 32.1. The minimum absolute atomic E-state index is 0.260. The molecule has 3 heterocycles. The van der Waals surface area contributed by atoms with Crippen LogP contribution >= 0.6 is 12.2 Å². The molecule has 1 aromatic heterocycles. The van der Waals surface area contributed by atoms with Crippen LogP contribution in [-0.2, 0) is 22.5 Å². The predicted octanol–water partition coefficient (Wildman–Crippen LogP) is 2.30. The quantitative estimate of drug-likeness (QED) is 0.807. The number of nitriles is 1. The van der Waals surface area contributed by atoms with Crippen molar-refractivity contribution in [2.75, 3.05) is 31.2 Å². The Labute approximate surface area is 129 Å². The van der Waals surface area contributed by atoms with Crippen LogP contribution < -0.4 is 4.90 Å². The zero-order chi connectivity index (χ0) is 15.0. The van der Waals surface area contributed by atoms with Gasteiger partial charge in [-0.1, -0.05) is 12.2 Å². The number of anilines is 1. The molecule has 5 nitrogen and oxygen atoms in total. The molecule has 2 aliphatic heterocycles. The van der Waals surface area contributed by atoms with Crippen molar-refractivity contribution in [3.05, 3.63) is 21.3 Å². The molecule has 112 valence electrons. The SMILES string of the molecule is CC1(C)Cc2c(c(N3CCOCC3)[nH]c(=S)c2C#N)CO1. The predicted molar refractivity (Wildman–Crippen MR) is 81.9 cm³/mol. The first kappa shape index (κ1) is 14.5. The molecule has 1 fully saturated rings. The van der Waals surface area contributed by atoms with Gasteiger partial charge in [0.15, 0.2) is 0 Å². The number of pyridine rings is 1. The lowest BCUT2D eigenvalue weighted by atomic mass is 9.89. The summed E-state index contributed by atoms with van der Waals surface area (Å²) in [7, 11) is 0. The van der Waals surface area contributed by atoms with Crippen LogP contribution in [0.5, 0.6) is 0 Å². The van der Waals surface area contributed by atoms with Crippen LogP contribution in [0.3, 0.4) is 0 Å². The maximum atomic E-state index is 9.43. The topological polar surface area (TPSA) is 61.3 Å². The van der Waals surface area contributed by atoms with Crippen molar-refractivity contribution in [3.63, 3.8) is 0 Å². The summed E-state index contributed by atoms with van der Waals surface area (Å²) in [5.41, 5.74) is 2.44. The average molecular weight is 305 g/mol. The number of morpholine rings is 1. The summed E-state index contributed by atoms with van der Waals surface area (Å²) in [6.45, 7) is 7.68. The molecular formula is C15H19N3O2S. The molecule has 1 saturated heterocycles. The first-order valence-corrected chi connectivity index (χ1v) is 7.57. The standard InChI is InChI=1S/C15H19N3O2S/c1-15(2)7-10-11(8-16)14(21)17-13(12(10)9-20-15)18-3-5-19-6-4-18/h3-7,9H2,1-2H3,(H,17,21). The number of hydrogen-bond donors (Lipinski definition) is 1. The van der Waals surface area contributed by atoms with E-state index in [1.807, 2.05) is 13.8 Å². The maximum Gasteiger partial charge on any atom is 0.123 e. The van der Waals surface area contributed by atoms with Crippen molar-refractivity contribution in [1.82, 2.24) is 4.98 Å². The molecule has 0 unspecified atom stereocenters. The van der Waals surface area contributed by atoms with E-state index in [0.717, 1.165) is 30.0 Å². The Bertz CT molecular complexity index is 654. The van der Waals surface area contributed by atoms with E-state index in [9.17, 15) is 5.26 Å². The Kier molecular flexibility index (Phi) is 3.74. The second-order valence-corrected chi connectivity index (χ2v) is 6.48. The van der Waals surface area contributed by atoms with E-state index >= 15 is 0 Å². The van der Waals surface area contributed by atoms with Gasteiger partial charge in [0, 0.05) is 25.1 Å². The number of hydrogen-bond acceptors (Lipinski definition) is 5. The summed E-state index contributed by atoms with van der Waals surface area (Å²) in [6.07, 6.45) is 0.709. The molecule has 2 aliphatic rings. The van der Waals surface area contributed by atoms with Gasteiger partial charge < -0.3 is 19.4 Å². The van der Waals surface area contributed by atoms with Gasteiger partial charge in [-0.3, -0.25) is 0 Å². The molecule has 0 atom stereocenters. The number of aromatic nitrogens is 1. The Morgan fingerprint density at radius 3 is 2.67 bits per heavy atom. The number of aromatic amines is 1. The molecule has 0 bridgehead atoms. The lowest BCUT2D eigenvalue weighted by Crippen LogP contribution is -2.39. The molecule has 6 heteroatoms. The van der Waals surface area contributed by atoms with Gasteiger partial charge in [-0.2, -0.15) is 5.26 Å². The van der Waals surface area contributed by atoms with Crippen LogP contribution in [-0.4, -0.2) is 36.9 Å². The average Bonchev–Trinajstić information content (AvgIpc) is 2.46. The van der Waals surface area contributed by atoms with E-state index in [1.54, 1.807) is 0 Å². The van der Waals surface area contributed by atoms with E-state index in [-0.39, 0.29) is 5.60 Å². The van der Waals surface area contributed by atoms with Crippen LogP contribution in [0.15, 0.2) is 0 Å². The molecule has 0 spiro atoms. The van der Waals surface area contributed by atoms with Crippen LogP contribution in [0.1, 0.15) is 30.5 Å². The van der Waals surface area contributed by atoms with E-state index in [2.05, 4.69) is 16.0 Å². The van der Waals surface area contributed by atoms with Crippen molar-refractivity contribution in [3.8, 4) is 6.07 Å². The summed E-state index contributed by atoms with van der Waals surface area (Å²) in [6, 6.07) is 2.26.